The Kier molecular flexibility index (Phi) is 4.97. The van der Waals surface area contributed by atoms with Crippen molar-refractivity contribution in [1.29, 1.82) is 0 Å². The highest BCUT2D eigenvalue weighted by atomic mass is 35.5. The summed E-state index contributed by atoms with van der Waals surface area (Å²) in [5.74, 6) is -0.0446. The lowest BCUT2D eigenvalue weighted by atomic mass is 10.3. The zero-order valence-electron chi connectivity index (χ0n) is 15.6. The van der Waals surface area contributed by atoms with E-state index in [2.05, 4.69) is 25.5 Å². The Bertz CT molecular complexity index is 1250. The number of alkyl halides is 3. The van der Waals surface area contributed by atoms with Crippen LogP contribution in [0.1, 0.15) is 30.5 Å². The van der Waals surface area contributed by atoms with Gasteiger partial charge in [-0.3, -0.25) is 4.57 Å². The van der Waals surface area contributed by atoms with E-state index in [1.807, 2.05) is 10.6 Å². The fourth-order valence-corrected chi connectivity index (χ4v) is 4.05. The van der Waals surface area contributed by atoms with Crippen molar-refractivity contribution in [3.63, 3.8) is 0 Å². The number of hydrogen-bond donors (Lipinski definition) is 0. The number of halogens is 4. The minimum Gasteiger partial charge on any atom is -0.484 e. The SMILES string of the molecule is FC(F)(F)c1nnc2ccc(Sc3nnc(COc4ccccc4Cl)n3C3CC3)nn12. The minimum absolute atomic E-state index is 0.00848. The average Bonchev–Trinajstić information content (AvgIpc) is 3.34. The van der Waals surface area contributed by atoms with Crippen LogP contribution in [0.2, 0.25) is 5.02 Å². The summed E-state index contributed by atoms with van der Waals surface area (Å²) in [5, 5.41) is 20.5. The van der Waals surface area contributed by atoms with E-state index >= 15 is 0 Å². The van der Waals surface area contributed by atoms with Gasteiger partial charge in [-0.15, -0.1) is 20.4 Å². The number of fused-ring (bicyclic) bond motifs is 1. The molecule has 160 valence electrons. The van der Waals surface area contributed by atoms with Crippen molar-refractivity contribution in [3.8, 4) is 5.75 Å². The molecule has 1 aliphatic carbocycles. The van der Waals surface area contributed by atoms with Gasteiger partial charge in [-0.2, -0.15) is 22.8 Å². The Morgan fingerprint density at radius 2 is 1.87 bits per heavy atom. The van der Waals surface area contributed by atoms with Gasteiger partial charge in [0.05, 0.1) is 5.02 Å². The average molecular weight is 468 g/mol. The molecular weight excluding hydrogens is 455 g/mol. The van der Waals surface area contributed by atoms with Crippen LogP contribution in [0.3, 0.4) is 0 Å². The third kappa shape index (κ3) is 4.04. The standard InChI is InChI=1S/C18H13ClF3N7OS/c19-11-3-1-2-4-12(11)30-9-14-24-26-17(28(14)10-5-6-10)31-15-8-7-13-23-25-16(18(20,21)22)29(13)27-15/h1-4,7-8,10H,5-6,9H2. The Morgan fingerprint density at radius 1 is 1.06 bits per heavy atom. The molecule has 1 aromatic carbocycles. The molecule has 1 aliphatic rings. The van der Waals surface area contributed by atoms with E-state index < -0.39 is 12.0 Å². The van der Waals surface area contributed by atoms with Gasteiger partial charge in [0.2, 0.25) is 0 Å². The molecule has 0 spiro atoms. The number of benzene rings is 1. The highest BCUT2D eigenvalue weighted by Crippen LogP contribution is 2.40. The molecule has 0 N–H and O–H groups in total. The van der Waals surface area contributed by atoms with Crippen LogP contribution in [0.25, 0.3) is 5.65 Å². The second-order valence-electron chi connectivity index (χ2n) is 6.78. The molecule has 13 heteroatoms. The zero-order chi connectivity index (χ0) is 21.6. The fourth-order valence-electron chi connectivity index (χ4n) is 2.98. The largest absolute Gasteiger partial charge is 0.484 e. The highest BCUT2D eigenvalue weighted by molar-refractivity contribution is 7.99. The fraction of sp³-hybridized carbons (Fsp3) is 0.278. The van der Waals surface area contributed by atoms with Crippen LogP contribution in [0.15, 0.2) is 46.6 Å². The van der Waals surface area contributed by atoms with Crippen molar-refractivity contribution in [1.82, 2.24) is 34.6 Å². The lowest BCUT2D eigenvalue weighted by molar-refractivity contribution is -0.146. The molecule has 0 radical (unpaired) electrons. The quantitative estimate of drug-likeness (QED) is 0.414. The summed E-state index contributed by atoms with van der Waals surface area (Å²) in [7, 11) is 0. The lowest BCUT2D eigenvalue weighted by Crippen LogP contribution is -2.12. The zero-order valence-corrected chi connectivity index (χ0v) is 17.2. The maximum Gasteiger partial charge on any atom is 0.453 e. The molecule has 3 heterocycles. The number of para-hydroxylation sites is 1. The summed E-state index contributed by atoms with van der Waals surface area (Å²) in [6.45, 7) is 0.157. The molecule has 31 heavy (non-hydrogen) atoms. The number of nitrogens with zero attached hydrogens (tertiary/aromatic N) is 7. The van der Waals surface area contributed by atoms with Crippen molar-refractivity contribution in [2.45, 2.75) is 41.8 Å². The maximum atomic E-state index is 13.1. The molecule has 0 atom stereocenters. The van der Waals surface area contributed by atoms with Gasteiger partial charge in [-0.1, -0.05) is 23.7 Å². The molecule has 0 saturated heterocycles. The van der Waals surface area contributed by atoms with Crippen LogP contribution in [-0.2, 0) is 12.8 Å². The van der Waals surface area contributed by atoms with Crippen molar-refractivity contribution in [2.75, 3.05) is 0 Å². The Labute approximate surface area is 182 Å². The number of aromatic nitrogens is 7. The smallest absolute Gasteiger partial charge is 0.453 e. The molecule has 3 aromatic heterocycles. The van der Waals surface area contributed by atoms with E-state index in [9.17, 15) is 13.2 Å². The molecule has 0 bridgehead atoms. The highest BCUT2D eigenvalue weighted by Gasteiger charge is 2.38. The second kappa shape index (κ2) is 7.68. The summed E-state index contributed by atoms with van der Waals surface area (Å²) >= 11 is 7.25. The molecule has 5 rings (SSSR count). The molecule has 4 aromatic rings. The third-order valence-electron chi connectivity index (χ3n) is 4.53. The van der Waals surface area contributed by atoms with Crippen LogP contribution in [0.4, 0.5) is 13.2 Å². The van der Waals surface area contributed by atoms with E-state index in [1.165, 1.54) is 6.07 Å². The van der Waals surface area contributed by atoms with E-state index in [0.29, 0.717) is 31.3 Å². The first-order chi connectivity index (χ1) is 14.9. The monoisotopic (exact) mass is 467 g/mol. The van der Waals surface area contributed by atoms with E-state index in [-0.39, 0.29) is 18.3 Å². The van der Waals surface area contributed by atoms with E-state index in [4.69, 9.17) is 16.3 Å². The summed E-state index contributed by atoms with van der Waals surface area (Å²) in [5.41, 5.74) is 0.00848. The van der Waals surface area contributed by atoms with Crippen molar-refractivity contribution in [3.05, 3.63) is 53.1 Å². The summed E-state index contributed by atoms with van der Waals surface area (Å²) in [4.78, 5) is 0. The third-order valence-corrected chi connectivity index (χ3v) is 5.73. The van der Waals surface area contributed by atoms with Crippen LogP contribution < -0.4 is 4.74 Å². The Balaban J connectivity index is 1.41. The van der Waals surface area contributed by atoms with Crippen LogP contribution in [0, 0.1) is 0 Å². The maximum absolute atomic E-state index is 13.1. The van der Waals surface area contributed by atoms with E-state index in [0.717, 1.165) is 24.6 Å². The Hall–Kier alpha value is -2.86. The van der Waals surface area contributed by atoms with Gasteiger partial charge in [0.15, 0.2) is 16.6 Å². The number of ether oxygens (including phenoxy) is 1. The normalized spacial score (nSPS) is 14.3. The number of hydrogen-bond acceptors (Lipinski definition) is 7. The predicted molar refractivity (Wildman–Crippen MR) is 104 cm³/mol. The van der Waals surface area contributed by atoms with Crippen LogP contribution >= 0.6 is 23.4 Å². The van der Waals surface area contributed by atoms with Gasteiger partial charge in [-0.25, -0.2) is 0 Å². The van der Waals surface area contributed by atoms with Gasteiger partial charge >= 0.3 is 6.18 Å². The molecule has 1 saturated carbocycles. The first-order valence-electron chi connectivity index (χ1n) is 9.19. The lowest BCUT2D eigenvalue weighted by Gasteiger charge is -2.10. The molecule has 8 nitrogen and oxygen atoms in total. The van der Waals surface area contributed by atoms with Gasteiger partial charge in [0, 0.05) is 6.04 Å². The Morgan fingerprint density at radius 3 is 2.61 bits per heavy atom. The van der Waals surface area contributed by atoms with E-state index in [1.54, 1.807) is 24.3 Å². The molecular formula is C18H13ClF3N7OS. The predicted octanol–water partition coefficient (Wildman–Crippen LogP) is 4.45. The van der Waals surface area contributed by atoms with Gasteiger partial charge < -0.3 is 4.74 Å². The van der Waals surface area contributed by atoms with Crippen molar-refractivity contribution in [2.24, 2.45) is 0 Å². The van der Waals surface area contributed by atoms with Gasteiger partial charge in [-0.05, 0) is 48.9 Å². The number of rotatable bonds is 6. The first-order valence-corrected chi connectivity index (χ1v) is 10.4. The molecule has 0 aliphatic heterocycles. The summed E-state index contributed by atoms with van der Waals surface area (Å²) in [6.07, 6.45) is -2.74. The minimum atomic E-state index is -4.66. The molecule has 0 unspecified atom stereocenters. The topological polar surface area (TPSA) is 83.0 Å². The summed E-state index contributed by atoms with van der Waals surface area (Å²) in [6, 6.07) is 10.3. The first kappa shape index (κ1) is 20.1. The van der Waals surface area contributed by atoms with Crippen LogP contribution in [-0.4, -0.2) is 34.6 Å². The van der Waals surface area contributed by atoms with Crippen molar-refractivity contribution < 1.29 is 17.9 Å². The summed E-state index contributed by atoms with van der Waals surface area (Å²) < 4.78 is 47.8. The van der Waals surface area contributed by atoms with Crippen molar-refractivity contribution >= 4 is 29.0 Å². The molecule has 0 amide bonds. The molecule has 1 fully saturated rings. The second-order valence-corrected chi connectivity index (χ2v) is 8.18. The van der Waals surface area contributed by atoms with Gasteiger partial charge in [0.25, 0.3) is 5.82 Å². The van der Waals surface area contributed by atoms with Crippen LogP contribution in [0.5, 0.6) is 5.75 Å². The van der Waals surface area contributed by atoms with Gasteiger partial charge in [0.1, 0.15) is 17.4 Å².